The molecular weight excluding hydrogens is 416 g/mol. The van der Waals surface area contributed by atoms with Crippen LogP contribution in [0.5, 0.6) is 5.75 Å². The number of hydrogen-bond acceptors (Lipinski definition) is 6. The molecule has 2 aromatic rings. The number of imidazole rings is 1. The number of ether oxygens (including phenoxy) is 1. The number of carbonyl (C=O) groups excluding carboxylic acids is 1. The summed E-state index contributed by atoms with van der Waals surface area (Å²) in [5.41, 5.74) is 7.12. The number of carbonyl (C=O) groups is 1. The highest BCUT2D eigenvalue weighted by molar-refractivity contribution is 6.32. The first-order valence-corrected chi connectivity index (χ1v) is 11.4. The number of rotatable bonds is 10. The van der Waals surface area contributed by atoms with Crippen molar-refractivity contribution >= 4 is 29.3 Å². The van der Waals surface area contributed by atoms with E-state index in [0.29, 0.717) is 60.5 Å². The zero-order chi connectivity index (χ0) is 22.2. The fourth-order valence-corrected chi connectivity index (χ4v) is 4.21. The second-order valence-corrected chi connectivity index (χ2v) is 8.15. The number of amides is 1. The number of benzene rings is 1. The minimum Gasteiger partial charge on any atom is -0.495 e. The van der Waals surface area contributed by atoms with Gasteiger partial charge in [-0.25, -0.2) is 0 Å². The third-order valence-corrected chi connectivity index (χ3v) is 5.75. The molecule has 8 nitrogen and oxygen atoms in total. The first-order valence-electron chi connectivity index (χ1n) is 11.0. The molecule has 1 amide bonds. The highest BCUT2D eigenvalue weighted by atomic mass is 35.5. The molecule has 1 aliphatic rings. The maximum Gasteiger partial charge on any atom is 0.271 e. The Morgan fingerprint density at radius 1 is 1.32 bits per heavy atom. The number of halogens is 1. The largest absolute Gasteiger partial charge is 0.495 e. The van der Waals surface area contributed by atoms with Crippen LogP contribution in [0.1, 0.15) is 55.1 Å². The Balaban J connectivity index is 2.00. The minimum atomic E-state index is -0.175. The zero-order valence-corrected chi connectivity index (χ0v) is 19.1. The van der Waals surface area contributed by atoms with E-state index < -0.39 is 0 Å². The molecule has 0 radical (unpaired) electrons. The second kappa shape index (κ2) is 11.2. The Kier molecular flexibility index (Phi) is 8.43. The molecule has 170 valence electrons. The lowest BCUT2D eigenvalue weighted by Crippen LogP contribution is -2.29. The number of nitrogens with zero attached hydrogens (tertiary/aromatic N) is 2. The van der Waals surface area contributed by atoms with Gasteiger partial charge in [0, 0.05) is 25.7 Å². The Hall–Kier alpha value is -2.45. The molecule has 5 N–H and O–H groups in total. The van der Waals surface area contributed by atoms with Crippen molar-refractivity contribution in [3.8, 4) is 5.75 Å². The van der Waals surface area contributed by atoms with Gasteiger partial charge in [0.15, 0.2) is 11.5 Å². The van der Waals surface area contributed by atoms with E-state index in [-0.39, 0.29) is 5.91 Å². The predicted molar refractivity (Wildman–Crippen MR) is 125 cm³/mol. The van der Waals surface area contributed by atoms with Gasteiger partial charge < -0.3 is 26.4 Å². The molecule has 0 saturated heterocycles. The van der Waals surface area contributed by atoms with E-state index in [1.807, 2.05) is 29.7 Å². The summed E-state index contributed by atoms with van der Waals surface area (Å²) in [7, 11) is 1.59. The van der Waals surface area contributed by atoms with Gasteiger partial charge in [0.1, 0.15) is 5.75 Å². The van der Waals surface area contributed by atoms with Crippen molar-refractivity contribution < 1.29 is 9.53 Å². The lowest BCUT2D eigenvalue weighted by atomic mass is 9.96. The number of anilines is 2. The van der Waals surface area contributed by atoms with E-state index in [2.05, 4.69) is 16.0 Å². The highest BCUT2D eigenvalue weighted by Gasteiger charge is 2.25. The molecule has 0 bridgehead atoms. The van der Waals surface area contributed by atoms with Gasteiger partial charge in [-0.15, -0.1) is 0 Å². The molecule has 1 aliphatic carbocycles. The summed E-state index contributed by atoms with van der Waals surface area (Å²) in [4.78, 5) is 17.8. The maximum atomic E-state index is 13.0. The van der Waals surface area contributed by atoms with Gasteiger partial charge in [-0.1, -0.05) is 36.9 Å². The van der Waals surface area contributed by atoms with Crippen LogP contribution in [0.25, 0.3) is 0 Å². The van der Waals surface area contributed by atoms with Crippen LogP contribution in [0.15, 0.2) is 18.2 Å². The van der Waals surface area contributed by atoms with Crippen LogP contribution in [-0.4, -0.2) is 48.2 Å². The molecule has 1 fully saturated rings. The van der Waals surface area contributed by atoms with Crippen LogP contribution in [0.4, 0.5) is 11.8 Å². The van der Waals surface area contributed by atoms with Gasteiger partial charge in [0.25, 0.3) is 5.91 Å². The van der Waals surface area contributed by atoms with E-state index in [0.717, 1.165) is 18.4 Å². The molecule has 0 atom stereocenters. The van der Waals surface area contributed by atoms with E-state index >= 15 is 0 Å². The molecule has 31 heavy (non-hydrogen) atoms. The van der Waals surface area contributed by atoms with Crippen LogP contribution < -0.4 is 26.4 Å². The third-order valence-electron chi connectivity index (χ3n) is 5.45. The molecule has 3 rings (SSSR count). The van der Waals surface area contributed by atoms with Crippen molar-refractivity contribution in [1.29, 1.82) is 0 Å². The van der Waals surface area contributed by atoms with Crippen molar-refractivity contribution in [3.63, 3.8) is 0 Å². The topological polar surface area (TPSA) is 106 Å². The number of hydrogen-bond donors (Lipinski definition) is 4. The van der Waals surface area contributed by atoms with E-state index in [9.17, 15) is 4.79 Å². The first-order chi connectivity index (χ1) is 15.1. The van der Waals surface area contributed by atoms with Crippen LogP contribution in [0.3, 0.4) is 0 Å². The van der Waals surface area contributed by atoms with Crippen molar-refractivity contribution in [2.24, 2.45) is 5.73 Å². The molecule has 1 heterocycles. The van der Waals surface area contributed by atoms with E-state index in [1.54, 1.807) is 7.11 Å². The summed E-state index contributed by atoms with van der Waals surface area (Å²) in [5.74, 6) is 1.66. The van der Waals surface area contributed by atoms with Gasteiger partial charge >= 0.3 is 0 Å². The molecule has 0 unspecified atom stereocenters. The van der Waals surface area contributed by atoms with Crippen molar-refractivity contribution in [1.82, 2.24) is 14.9 Å². The number of methoxy groups -OCH3 is 1. The van der Waals surface area contributed by atoms with Gasteiger partial charge in [-0.05, 0) is 37.5 Å². The standard InChI is InChI=1S/C22H33ClN6O2/c1-3-25-21(30)19-20(26-12-11-24)28-22(27-16-7-5-4-6-8-16)29(19)14-15-9-10-18(31-2)17(23)13-15/h9-10,13,16,26H,3-8,11-12,14,24H2,1-2H3,(H,25,30)(H,27,28). The predicted octanol–water partition coefficient (Wildman–Crippen LogP) is 3.46. The zero-order valence-electron chi connectivity index (χ0n) is 18.3. The van der Waals surface area contributed by atoms with Crippen LogP contribution >= 0.6 is 11.6 Å². The maximum absolute atomic E-state index is 13.0. The Morgan fingerprint density at radius 3 is 2.74 bits per heavy atom. The summed E-state index contributed by atoms with van der Waals surface area (Å²) >= 11 is 6.35. The molecule has 1 aromatic heterocycles. The summed E-state index contributed by atoms with van der Waals surface area (Å²) in [6.07, 6.45) is 5.87. The molecule has 1 saturated carbocycles. The van der Waals surface area contributed by atoms with Gasteiger partial charge in [0.05, 0.1) is 18.7 Å². The number of nitrogens with one attached hydrogen (secondary N) is 3. The fraction of sp³-hybridized carbons (Fsp3) is 0.545. The smallest absolute Gasteiger partial charge is 0.271 e. The van der Waals surface area contributed by atoms with Gasteiger partial charge in [-0.2, -0.15) is 4.98 Å². The average molecular weight is 449 g/mol. The van der Waals surface area contributed by atoms with Crippen molar-refractivity contribution in [3.05, 3.63) is 34.5 Å². The van der Waals surface area contributed by atoms with Crippen LogP contribution in [0, 0.1) is 0 Å². The number of aromatic nitrogens is 2. The summed E-state index contributed by atoms with van der Waals surface area (Å²) in [6, 6.07) is 5.99. The summed E-state index contributed by atoms with van der Waals surface area (Å²) in [6.45, 7) is 3.85. The Morgan fingerprint density at radius 2 is 2.10 bits per heavy atom. The van der Waals surface area contributed by atoms with Crippen molar-refractivity contribution in [2.75, 3.05) is 37.4 Å². The fourth-order valence-electron chi connectivity index (χ4n) is 3.93. The van der Waals surface area contributed by atoms with Crippen LogP contribution in [0.2, 0.25) is 5.02 Å². The summed E-state index contributed by atoms with van der Waals surface area (Å²) < 4.78 is 7.19. The van der Waals surface area contributed by atoms with Crippen LogP contribution in [-0.2, 0) is 6.54 Å². The molecule has 9 heteroatoms. The Labute approximate surface area is 188 Å². The van der Waals surface area contributed by atoms with Gasteiger partial charge in [-0.3, -0.25) is 9.36 Å². The molecule has 1 aromatic carbocycles. The number of nitrogens with two attached hydrogens (primary N) is 1. The molecule has 0 aliphatic heterocycles. The normalized spacial score (nSPS) is 14.3. The second-order valence-electron chi connectivity index (χ2n) is 7.74. The molecule has 0 spiro atoms. The third kappa shape index (κ3) is 5.83. The first kappa shape index (κ1) is 23.2. The molecular formula is C22H33ClN6O2. The minimum absolute atomic E-state index is 0.175. The van der Waals surface area contributed by atoms with Crippen molar-refractivity contribution in [2.45, 2.75) is 51.6 Å². The van der Waals surface area contributed by atoms with Gasteiger partial charge in [0.2, 0.25) is 5.95 Å². The average Bonchev–Trinajstić information content (AvgIpc) is 3.10. The van der Waals surface area contributed by atoms with E-state index in [1.165, 1.54) is 19.3 Å². The summed E-state index contributed by atoms with van der Waals surface area (Å²) in [5, 5.41) is 10.2. The lowest BCUT2D eigenvalue weighted by Gasteiger charge is -2.24. The lowest BCUT2D eigenvalue weighted by molar-refractivity contribution is 0.0948. The Bertz CT molecular complexity index is 879. The SMILES string of the molecule is CCNC(=O)c1c(NCCN)nc(NC2CCCCC2)n1Cc1ccc(OC)c(Cl)c1. The van der Waals surface area contributed by atoms with E-state index in [4.69, 9.17) is 27.1 Å². The monoisotopic (exact) mass is 448 g/mol. The quantitative estimate of drug-likeness (QED) is 0.443. The highest BCUT2D eigenvalue weighted by Crippen LogP contribution is 2.29.